The lowest BCUT2D eigenvalue weighted by molar-refractivity contribution is -0.302. The summed E-state index contributed by atoms with van der Waals surface area (Å²) < 4.78 is 11.0. The maximum absolute atomic E-state index is 12.6. The molecule has 220 valence electrons. The number of unbranched alkanes of at least 4 members (excludes halogenated alkanes) is 12. The number of amides is 1. The summed E-state index contributed by atoms with van der Waals surface area (Å²) in [7, 11) is 0. The third-order valence-corrected chi connectivity index (χ3v) is 7.21. The molecule has 0 bridgehead atoms. The Hall–Kier alpha value is -0.810. The highest BCUT2D eigenvalue weighted by atomic mass is 16.7. The Bertz CT molecular complexity index is 564. The summed E-state index contributed by atoms with van der Waals surface area (Å²) in [6.07, 6.45) is 8.77. The van der Waals surface area contributed by atoms with E-state index in [9.17, 15) is 30.3 Å². The fourth-order valence-electron chi connectivity index (χ4n) is 4.69. The van der Waals surface area contributed by atoms with Crippen LogP contribution in [0.3, 0.4) is 0 Å². The van der Waals surface area contributed by atoms with E-state index in [0.717, 1.165) is 51.4 Å². The van der Waals surface area contributed by atoms with E-state index in [1.807, 2.05) is 0 Å². The molecule has 0 radical (unpaired) electrons. The smallest absolute Gasteiger partial charge is 0.220 e. The summed E-state index contributed by atoms with van der Waals surface area (Å²) in [6.45, 7) is 3.67. The van der Waals surface area contributed by atoms with Crippen LogP contribution in [0.25, 0.3) is 0 Å². The lowest BCUT2D eigenvalue weighted by atomic mass is 9.99. The Morgan fingerprint density at radius 1 is 0.811 bits per heavy atom. The second-order valence-corrected chi connectivity index (χ2v) is 10.6. The molecule has 9 heteroatoms. The van der Waals surface area contributed by atoms with Crippen molar-refractivity contribution >= 4 is 5.91 Å². The standard InChI is InChI=1S/C28H55NO8/c1-3-5-7-9-10-11-12-14-16-18-24(32)29-21(22(31)17-15-13-8-6-4-2)20-36-28-27(35)26(34)25(33)23(19-30)37-28/h21-23,25-28,30-31,33-35H,3-20H2,1-2H3,(H,29,32). The highest BCUT2D eigenvalue weighted by molar-refractivity contribution is 5.76. The number of hydrogen-bond acceptors (Lipinski definition) is 8. The molecule has 1 fully saturated rings. The Morgan fingerprint density at radius 2 is 1.35 bits per heavy atom. The summed E-state index contributed by atoms with van der Waals surface area (Å²) in [4.78, 5) is 12.6. The highest BCUT2D eigenvalue weighted by Gasteiger charge is 2.44. The van der Waals surface area contributed by atoms with Gasteiger partial charge in [0.05, 0.1) is 25.4 Å². The van der Waals surface area contributed by atoms with Crippen LogP contribution in [0, 0.1) is 0 Å². The summed E-state index contributed by atoms with van der Waals surface area (Å²) >= 11 is 0. The lowest BCUT2D eigenvalue weighted by Crippen LogP contribution is -2.60. The van der Waals surface area contributed by atoms with Crippen molar-refractivity contribution in [1.29, 1.82) is 0 Å². The molecule has 1 heterocycles. The predicted molar refractivity (Wildman–Crippen MR) is 143 cm³/mol. The number of carbonyl (C=O) groups excluding carboxylic acids is 1. The lowest BCUT2D eigenvalue weighted by Gasteiger charge is -2.40. The zero-order valence-electron chi connectivity index (χ0n) is 23.2. The van der Waals surface area contributed by atoms with E-state index in [0.29, 0.717) is 12.8 Å². The van der Waals surface area contributed by atoms with Gasteiger partial charge in [0, 0.05) is 6.42 Å². The Balaban J connectivity index is 2.52. The van der Waals surface area contributed by atoms with Crippen LogP contribution in [-0.2, 0) is 14.3 Å². The van der Waals surface area contributed by atoms with Gasteiger partial charge in [-0.25, -0.2) is 0 Å². The van der Waals surface area contributed by atoms with E-state index in [1.165, 1.54) is 38.5 Å². The van der Waals surface area contributed by atoms with Crippen molar-refractivity contribution in [2.24, 2.45) is 0 Å². The van der Waals surface area contributed by atoms with Crippen molar-refractivity contribution in [3.63, 3.8) is 0 Å². The molecule has 1 aliphatic heterocycles. The second kappa shape index (κ2) is 21.1. The van der Waals surface area contributed by atoms with Gasteiger partial charge < -0.3 is 40.3 Å². The van der Waals surface area contributed by atoms with E-state index in [-0.39, 0.29) is 12.5 Å². The normalized spacial score (nSPS) is 25.6. The minimum atomic E-state index is -1.54. The molecule has 1 saturated heterocycles. The van der Waals surface area contributed by atoms with Crippen molar-refractivity contribution in [1.82, 2.24) is 5.32 Å². The van der Waals surface area contributed by atoms with Crippen LogP contribution in [0.2, 0.25) is 0 Å². The molecule has 1 amide bonds. The molecule has 1 rings (SSSR count). The molecule has 0 aromatic carbocycles. The monoisotopic (exact) mass is 533 g/mol. The zero-order chi connectivity index (χ0) is 27.5. The Labute approximate surface area is 223 Å². The highest BCUT2D eigenvalue weighted by Crippen LogP contribution is 2.22. The number of aliphatic hydroxyl groups excluding tert-OH is 5. The van der Waals surface area contributed by atoms with Crippen molar-refractivity contribution in [2.75, 3.05) is 13.2 Å². The van der Waals surface area contributed by atoms with Gasteiger partial charge in [0.25, 0.3) is 0 Å². The van der Waals surface area contributed by atoms with Crippen LogP contribution in [0.4, 0.5) is 0 Å². The summed E-state index contributed by atoms with van der Waals surface area (Å²) in [5, 5.41) is 53.3. The maximum atomic E-state index is 12.6. The van der Waals surface area contributed by atoms with Crippen LogP contribution in [0.15, 0.2) is 0 Å². The fraction of sp³-hybridized carbons (Fsp3) is 0.964. The van der Waals surface area contributed by atoms with Gasteiger partial charge >= 0.3 is 0 Å². The van der Waals surface area contributed by atoms with Crippen LogP contribution >= 0.6 is 0 Å². The van der Waals surface area contributed by atoms with Crippen molar-refractivity contribution in [3.05, 3.63) is 0 Å². The molecule has 1 aliphatic rings. The average Bonchev–Trinajstić information content (AvgIpc) is 2.89. The SMILES string of the molecule is CCCCCCCCCCCC(=O)NC(COC1OC(CO)C(O)C(O)C1O)C(O)CCCCCCC. The van der Waals surface area contributed by atoms with Gasteiger partial charge in [0.2, 0.25) is 5.91 Å². The molecule has 0 aromatic heterocycles. The third kappa shape index (κ3) is 14.2. The number of carbonyl (C=O) groups is 1. The minimum absolute atomic E-state index is 0.137. The first-order valence-electron chi connectivity index (χ1n) is 14.7. The topological polar surface area (TPSA) is 149 Å². The summed E-state index contributed by atoms with van der Waals surface area (Å²) in [5.41, 5.74) is 0. The Kier molecular flexibility index (Phi) is 19.5. The van der Waals surface area contributed by atoms with Crippen molar-refractivity contribution in [3.8, 4) is 0 Å². The van der Waals surface area contributed by atoms with Gasteiger partial charge in [-0.3, -0.25) is 4.79 Å². The van der Waals surface area contributed by atoms with E-state index >= 15 is 0 Å². The largest absolute Gasteiger partial charge is 0.394 e. The molecule has 9 nitrogen and oxygen atoms in total. The van der Waals surface area contributed by atoms with Gasteiger partial charge in [-0.15, -0.1) is 0 Å². The van der Waals surface area contributed by atoms with Gasteiger partial charge in [0.1, 0.15) is 24.4 Å². The molecule has 0 aliphatic carbocycles. The van der Waals surface area contributed by atoms with E-state index in [1.54, 1.807) is 0 Å². The van der Waals surface area contributed by atoms with Crippen LogP contribution in [0.1, 0.15) is 117 Å². The van der Waals surface area contributed by atoms with E-state index < -0.39 is 49.5 Å². The quantitative estimate of drug-likeness (QED) is 0.116. The van der Waals surface area contributed by atoms with Gasteiger partial charge in [-0.2, -0.15) is 0 Å². The van der Waals surface area contributed by atoms with Gasteiger partial charge in [-0.05, 0) is 12.8 Å². The number of nitrogens with one attached hydrogen (secondary N) is 1. The van der Waals surface area contributed by atoms with Crippen molar-refractivity contribution in [2.45, 2.75) is 159 Å². The molecular weight excluding hydrogens is 478 g/mol. The minimum Gasteiger partial charge on any atom is -0.394 e. The van der Waals surface area contributed by atoms with Crippen molar-refractivity contribution < 1.29 is 39.8 Å². The van der Waals surface area contributed by atoms with Gasteiger partial charge in [0.15, 0.2) is 6.29 Å². The zero-order valence-corrected chi connectivity index (χ0v) is 23.2. The molecule has 6 N–H and O–H groups in total. The molecule has 37 heavy (non-hydrogen) atoms. The van der Waals surface area contributed by atoms with E-state index in [2.05, 4.69) is 19.2 Å². The van der Waals surface area contributed by atoms with Gasteiger partial charge in [-0.1, -0.05) is 97.3 Å². The van der Waals surface area contributed by atoms with Crippen LogP contribution in [-0.4, -0.2) is 87.5 Å². The number of rotatable bonds is 22. The average molecular weight is 534 g/mol. The Morgan fingerprint density at radius 3 is 1.92 bits per heavy atom. The molecule has 0 aromatic rings. The van der Waals surface area contributed by atoms with E-state index in [4.69, 9.17) is 9.47 Å². The molecular formula is C28H55NO8. The molecule has 0 spiro atoms. The van der Waals surface area contributed by atoms with Crippen LogP contribution < -0.4 is 5.32 Å². The molecule has 0 saturated carbocycles. The first kappa shape index (κ1) is 34.2. The van der Waals surface area contributed by atoms with Crippen LogP contribution in [0.5, 0.6) is 0 Å². The maximum Gasteiger partial charge on any atom is 0.220 e. The third-order valence-electron chi connectivity index (χ3n) is 7.21. The molecule has 7 atom stereocenters. The number of ether oxygens (including phenoxy) is 2. The first-order valence-corrected chi connectivity index (χ1v) is 14.7. The molecule has 7 unspecified atom stereocenters. The summed E-state index contributed by atoms with van der Waals surface area (Å²) in [6, 6.07) is -0.704. The fourth-order valence-corrected chi connectivity index (χ4v) is 4.69. The second-order valence-electron chi connectivity index (χ2n) is 10.6. The first-order chi connectivity index (χ1) is 17.8. The summed E-state index contributed by atoms with van der Waals surface area (Å²) in [5.74, 6) is -0.157. The number of hydrogen-bond donors (Lipinski definition) is 6. The predicted octanol–water partition coefficient (Wildman–Crippen LogP) is 2.93. The number of aliphatic hydroxyl groups is 5.